The number of likely N-dealkylation sites (N-methyl/N-ethyl adjacent to an activating group) is 1. The largest absolute Gasteiger partial charge is 0.497 e. The highest BCUT2D eigenvalue weighted by Crippen LogP contribution is 2.29. The fraction of sp³-hybridized carbons (Fsp3) is 0.400. The second kappa shape index (κ2) is 5.89. The van der Waals surface area contributed by atoms with Crippen LogP contribution in [0.25, 0.3) is 10.9 Å². The first-order chi connectivity index (χ1) is 9.19. The number of aryl methyl sites for hydroxylation is 1. The van der Waals surface area contributed by atoms with Gasteiger partial charge >= 0.3 is 0 Å². The zero-order chi connectivity index (χ0) is 13.8. The second-order valence-electron chi connectivity index (χ2n) is 4.47. The van der Waals surface area contributed by atoms with Gasteiger partial charge in [0.2, 0.25) is 0 Å². The van der Waals surface area contributed by atoms with E-state index in [1.165, 1.54) is 0 Å². The molecule has 2 rings (SSSR count). The van der Waals surface area contributed by atoms with Crippen LogP contribution in [-0.4, -0.2) is 36.9 Å². The topological polar surface area (TPSA) is 45.6 Å². The Morgan fingerprint density at radius 2 is 2.11 bits per heavy atom. The fourth-order valence-corrected chi connectivity index (χ4v) is 2.27. The van der Waals surface area contributed by atoms with Crippen molar-refractivity contribution in [1.29, 1.82) is 0 Å². The molecule has 0 amide bonds. The highest BCUT2D eigenvalue weighted by molar-refractivity contribution is 5.93. The Hall–Kier alpha value is -1.81. The minimum Gasteiger partial charge on any atom is -0.497 e. The lowest BCUT2D eigenvalue weighted by Crippen LogP contribution is -2.26. The Morgan fingerprint density at radius 3 is 2.74 bits per heavy atom. The van der Waals surface area contributed by atoms with Crippen molar-refractivity contribution < 1.29 is 9.84 Å². The number of ether oxygens (including phenoxy) is 1. The number of hydrogen-bond donors (Lipinski definition) is 1. The minimum atomic E-state index is 0.140. The molecule has 0 bridgehead atoms. The van der Waals surface area contributed by atoms with E-state index in [0.29, 0.717) is 6.54 Å². The van der Waals surface area contributed by atoms with Crippen molar-refractivity contribution in [2.45, 2.75) is 13.8 Å². The van der Waals surface area contributed by atoms with Crippen LogP contribution in [0.5, 0.6) is 5.75 Å². The lowest BCUT2D eigenvalue weighted by Gasteiger charge is -2.24. The molecule has 0 saturated heterocycles. The van der Waals surface area contributed by atoms with E-state index in [4.69, 9.17) is 4.74 Å². The molecule has 2 aromatic rings. The minimum absolute atomic E-state index is 0.140. The summed E-state index contributed by atoms with van der Waals surface area (Å²) < 4.78 is 5.29. The van der Waals surface area contributed by atoms with E-state index in [0.717, 1.165) is 34.6 Å². The molecule has 4 nitrogen and oxygen atoms in total. The Kier molecular flexibility index (Phi) is 4.22. The van der Waals surface area contributed by atoms with E-state index in [2.05, 4.69) is 22.9 Å². The number of methoxy groups -OCH3 is 1. The maximum atomic E-state index is 9.19. The molecule has 1 aromatic carbocycles. The molecule has 0 aliphatic heterocycles. The standard InChI is InChI=1S/C15H20N2O2/c1-4-17(7-8-18)15-9-11(2)16-14-6-5-12(19-3)10-13(14)15/h5-6,9-10,18H,4,7-8H2,1-3H3. The predicted octanol–water partition coefficient (Wildman–Crippen LogP) is 2.37. The van der Waals surface area contributed by atoms with Gasteiger partial charge in [0.1, 0.15) is 5.75 Å². The van der Waals surface area contributed by atoms with E-state index in [9.17, 15) is 5.11 Å². The smallest absolute Gasteiger partial charge is 0.119 e. The normalized spacial score (nSPS) is 10.7. The highest BCUT2D eigenvalue weighted by atomic mass is 16.5. The van der Waals surface area contributed by atoms with Crippen molar-refractivity contribution in [2.75, 3.05) is 31.7 Å². The monoisotopic (exact) mass is 260 g/mol. The molecule has 0 spiro atoms. The van der Waals surface area contributed by atoms with E-state index < -0.39 is 0 Å². The van der Waals surface area contributed by atoms with Crippen LogP contribution in [-0.2, 0) is 0 Å². The van der Waals surface area contributed by atoms with Crippen LogP contribution in [0.3, 0.4) is 0 Å². The molecule has 0 aliphatic carbocycles. The van der Waals surface area contributed by atoms with E-state index >= 15 is 0 Å². The van der Waals surface area contributed by atoms with Gasteiger partial charge in [0.05, 0.1) is 19.2 Å². The molecule has 0 unspecified atom stereocenters. The molecule has 102 valence electrons. The van der Waals surface area contributed by atoms with E-state index in [1.54, 1.807) is 7.11 Å². The van der Waals surface area contributed by atoms with Gasteiger partial charge in [-0.15, -0.1) is 0 Å². The number of nitrogens with zero attached hydrogens (tertiary/aromatic N) is 2. The van der Waals surface area contributed by atoms with Crippen LogP contribution in [0.2, 0.25) is 0 Å². The number of pyridine rings is 1. The lowest BCUT2D eigenvalue weighted by atomic mass is 10.1. The molecule has 0 saturated carbocycles. The average Bonchev–Trinajstić information content (AvgIpc) is 2.43. The number of anilines is 1. The zero-order valence-electron chi connectivity index (χ0n) is 11.7. The molecule has 0 radical (unpaired) electrons. The van der Waals surface area contributed by atoms with Gasteiger partial charge in [-0.05, 0) is 38.1 Å². The third-order valence-corrected chi connectivity index (χ3v) is 3.21. The summed E-state index contributed by atoms with van der Waals surface area (Å²) in [7, 11) is 1.66. The third kappa shape index (κ3) is 2.79. The number of rotatable bonds is 5. The highest BCUT2D eigenvalue weighted by Gasteiger charge is 2.11. The van der Waals surface area contributed by atoms with Crippen molar-refractivity contribution in [3.05, 3.63) is 30.0 Å². The van der Waals surface area contributed by atoms with Gasteiger partial charge in [0.25, 0.3) is 0 Å². The summed E-state index contributed by atoms with van der Waals surface area (Å²) in [5.74, 6) is 0.819. The van der Waals surface area contributed by atoms with Crippen molar-refractivity contribution in [3.63, 3.8) is 0 Å². The quantitative estimate of drug-likeness (QED) is 0.896. The molecule has 1 N–H and O–H groups in total. The number of aliphatic hydroxyl groups is 1. The molecule has 4 heteroatoms. The molecule has 0 atom stereocenters. The van der Waals surface area contributed by atoms with Crippen molar-refractivity contribution >= 4 is 16.6 Å². The van der Waals surface area contributed by atoms with Gasteiger partial charge in [-0.25, -0.2) is 0 Å². The van der Waals surface area contributed by atoms with Crippen LogP contribution < -0.4 is 9.64 Å². The number of hydrogen-bond acceptors (Lipinski definition) is 4. The molecular formula is C15H20N2O2. The van der Waals surface area contributed by atoms with Crippen LogP contribution in [0.15, 0.2) is 24.3 Å². The molecular weight excluding hydrogens is 240 g/mol. The van der Waals surface area contributed by atoms with Crippen LogP contribution >= 0.6 is 0 Å². The first-order valence-electron chi connectivity index (χ1n) is 6.50. The van der Waals surface area contributed by atoms with E-state index in [1.807, 2.05) is 25.1 Å². The summed E-state index contributed by atoms with van der Waals surface area (Å²) in [6.45, 7) is 5.67. The Morgan fingerprint density at radius 1 is 1.32 bits per heavy atom. The maximum absolute atomic E-state index is 9.19. The lowest BCUT2D eigenvalue weighted by molar-refractivity contribution is 0.302. The van der Waals surface area contributed by atoms with Crippen molar-refractivity contribution in [1.82, 2.24) is 4.98 Å². The van der Waals surface area contributed by atoms with Gasteiger partial charge in [-0.2, -0.15) is 0 Å². The fourth-order valence-electron chi connectivity index (χ4n) is 2.27. The first-order valence-corrected chi connectivity index (χ1v) is 6.50. The molecule has 1 aromatic heterocycles. The number of aliphatic hydroxyl groups excluding tert-OH is 1. The predicted molar refractivity (Wildman–Crippen MR) is 78.0 cm³/mol. The molecule has 0 fully saturated rings. The van der Waals surface area contributed by atoms with Gasteiger partial charge in [0, 0.05) is 29.9 Å². The molecule has 0 aliphatic rings. The summed E-state index contributed by atoms with van der Waals surface area (Å²) in [4.78, 5) is 6.69. The van der Waals surface area contributed by atoms with Crippen LogP contribution in [0, 0.1) is 6.92 Å². The summed E-state index contributed by atoms with van der Waals surface area (Å²) in [5.41, 5.74) is 3.02. The Labute approximate surface area is 113 Å². The summed E-state index contributed by atoms with van der Waals surface area (Å²) in [6, 6.07) is 7.94. The molecule has 19 heavy (non-hydrogen) atoms. The SMILES string of the molecule is CCN(CCO)c1cc(C)nc2ccc(OC)cc12. The average molecular weight is 260 g/mol. The zero-order valence-corrected chi connectivity index (χ0v) is 11.7. The van der Waals surface area contributed by atoms with Gasteiger partial charge in [-0.1, -0.05) is 0 Å². The Balaban J connectivity index is 2.62. The van der Waals surface area contributed by atoms with Gasteiger partial charge < -0.3 is 14.7 Å². The van der Waals surface area contributed by atoms with Gasteiger partial charge in [0.15, 0.2) is 0 Å². The number of fused-ring (bicyclic) bond motifs is 1. The third-order valence-electron chi connectivity index (χ3n) is 3.21. The van der Waals surface area contributed by atoms with Gasteiger partial charge in [-0.3, -0.25) is 4.98 Å². The summed E-state index contributed by atoms with van der Waals surface area (Å²) in [5, 5.41) is 10.2. The van der Waals surface area contributed by atoms with Crippen LogP contribution in [0.4, 0.5) is 5.69 Å². The van der Waals surface area contributed by atoms with Crippen LogP contribution in [0.1, 0.15) is 12.6 Å². The summed E-state index contributed by atoms with van der Waals surface area (Å²) in [6.07, 6.45) is 0. The molecule has 1 heterocycles. The summed E-state index contributed by atoms with van der Waals surface area (Å²) >= 11 is 0. The number of benzene rings is 1. The Bertz CT molecular complexity index is 569. The van der Waals surface area contributed by atoms with Crippen molar-refractivity contribution in [2.24, 2.45) is 0 Å². The number of aromatic nitrogens is 1. The van der Waals surface area contributed by atoms with E-state index in [-0.39, 0.29) is 6.61 Å². The maximum Gasteiger partial charge on any atom is 0.119 e. The second-order valence-corrected chi connectivity index (χ2v) is 4.47. The first kappa shape index (κ1) is 13.6. The van der Waals surface area contributed by atoms with Crippen molar-refractivity contribution in [3.8, 4) is 5.75 Å².